The van der Waals surface area contributed by atoms with Gasteiger partial charge in [-0.15, -0.1) is 11.3 Å². The van der Waals surface area contributed by atoms with Crippen LogP contribution >= 0.6 is 11.3 Å². The second kappa shape index (κ2) is 5.66. The van der Waals surface area contributed by atoms with E-state index in [0.717, 1.165) is 18.2 Å². The number of nitrogens with zero attached hydrogens (tertiary/aromatic N) is 2. The Labute approximate surface area is 111 Å². The molecule has 0 aliphatic carbocycles. The van der Waals surface area contributed by atoms with E-state index in [4.69, 9.17) is 0 Å². The second-order valence-electron chi connectivity index (χ2n) is 3.49. The van der Waals surface area contributed by atoms with Crippen molar-refractivity contribution in [2.45, 2.75) is 6.92 Å². The average Bonchev–Trinajstić information content (AvgIpc) is 2.89. The van der Waals surface area contributed by atoms with Gasteiger partial charge >= 0.3 is 5.97 Å². The molecule has 7 heteroatoms. The van der Waals surface area contributed by atoms with Gasteiger partial charge < -0.3 is 4.84 Å². The second-order valence-corrected chi connectivity index (χ2v) is 4.38. The zero-order valence-electron chi connectivity index (χ0n) is 9.76. The Morgan fingerprint density at radius 2 is 2.05 bits per heavy atom. The third-order valence-corrected chi connectivity index (χ3v) is 3.06. The maximum atomic E-state index is 13.3. The van der Waals surface area contributed by atoms with Gasteiger partial charge in [0.1, 0.15) is 27.9 Å². The SMILES string of the molecule is C/C(=N\OC(=O)c1c(F)cccc1F)c1nccs1. The Kier molecular flexibility index (Phi) is 3.96. The van der Waals surface area contributed by atoms with Crippen LogP contribution in [0.3, 0.4) is 0 Å². The van der Waals surface area contributed by atoms with E-state index in [1.807, 2.05) is 0 Å². The van der Waals surface area contributed by atoms with Crippen LogP contribution in [0.2, 0.25) is 0 Å². The fourth-order valence-electron chi connectivity index (χ4n) is 1.29. The van der Waals surface area contributed by atoms with Crippen LogP contribution in [-0.2, 0) is 4.84 Å². The molecule has 0 N–H and O–H groups in total. The van der Waals surface area contributed by atoms with Crippen molar-refractivity contribution in [3.8, 4) is 0 Å². The number of carbonyl (C=O) groups excluding carboxylic acids is 1. The number of aromatic nitrogens is 1. The Morgan fingerprint density at radius 3 is 2.63 bits per heavy atom. The highest BCUT2D eigenvalue weighted by Gasteiger charge is 2.19. The van der Waals surface area contributed by atoms with Crippen LogP contribution in [0, 0.1) is 11.6 Å². The largest absolute Gasteiger partial charge is 0.371 e. The van der Waals surface area contributed by atoms with Gasteiger partial charge in [-0.25, -0.2) is 18.6 Å². The number of oxime groups is 1. The minimum absolute atomic E-state index is 0.347. The molecule has 0 aliphatic heterocycles. The number of halogens is 2. The van der Waals surface area contributed by atoms with Crippen molar-refractivity contribution >= 4 is 23.0 Å². The van der Waals surface area contributed by atoms with Crippen LogP contribution in [0.15, 0.2) is 34.9 Å². The zero-order chi connectivity index (χ0) is 13.8. The first kappa shape index (κ1) is 13.3. The molecule has 19 heavy (non-hydrogen) atoms. The fourth-order valence-corrected chi connectivity index (χ4v) is 1.87. The quantitative estimate of drug-likeness (QED) is 0.494. The van der Waals surface area contributed by atoms with E-state index < -0.39 is 23.2 Å². The minimum atomic E-state index is -1.19. The van der Waals surface area contributed by atoms with E-state index in [9.17, 15) is 13.6 Å². The molecular weight excluding hydrogens is 274 g/mol. The van der Waals surface area contributed by atoms with Crippen LogP contribution < -0.4 is 0 Å². The average molecular weight is 282 g/mol. The number of rotatable bonds is 3. The summed E-state index contributed by atoms with van der Waals surface area (Å²) in [6.45, 7) is 1.57. The van der Waals surface area contributed by atoms with Crippen LogP contribution in [0.4, 0.5) is 8.78 Å². The smallest absolute Gasteiger partial charge is 0.312 e. The molecule has 0 saturated carbocycles. The summed E-state index contributed by atoms with van der Waals surface area (Å²) in [6, 6.07) is 3.10. The minimum Gasteiger partial charge on any atom is -0.312 e. The van der Waals surface area contributed by atoms with Crippen molar-refractivity contribution in [1.29, 1.82) is 0 Å². The van der Waals surface area contributed by atoms with Crippen LogP contribution in [0.5, 0.6) is 0 Å². The standard InChI is InChI=1S/C12H8F2N2O2S/c1-7(11-15-5-6-19-11)16-18-12(17)10-8(13)3-2-4-9(10)14/h2-6H,1H3/b16-7+. The third kappa shape index (κ3) is 3.00. The lowest BCUT2D eigenvalue weighted by Crippen LogP contribution is -2.08. The first-order valence-corrected chi connectivity index (χ1v) is 6.07. The predicted molar refractivity (Wildman–Crippen MR) is 66.1 cm³/mol. The van der Waals surface area contributed by atoms with Crippen LogP contribution in [0.25, 0.3) is 0 Å². The number of thiazole rings is 1. The molecule has 98 valence electrons. The van der Waals surface area contributed by atoms with Gasteiger partial charge in [-0.1, -0.05) is 11.2 Å². The first-order chi connectivity index (χ1) is 9.09. The molecule has 0 bridgehead atoms. The molecule has 1 aromatic carbocycles. The lowest BCUT2D eigenvalue weighted by atomic mass is 10.2. The van der Waals surface area contributed by atoms with E-state index >= 15 is 0 Å². The summed E-state index contributed by atoms with van der Waals surface area (Å²) in [6.07, 6.45) is 1.57. The summed E-state index contributed by atoms with van der Waals surface area (Å²) in [5.74, 6) is -3.18. The summed E-state index contributed by atoms with van der Waals surface area (Å²) in [5, 5.41) is 5.79. The Bertz CT molecular complexity index is 606. The summed E-state index contributed by atoms with van der Waals surface area (Å²) in [5.41, 5.74) is -0.418. The zero-order valence-corrected chi connectivity index (χ0v) is 10.6. The first-order valence-electron chi connectivity index (χ1n) is 5.19. The van der Waals surface area contributed by atoms with E-state index in [1.165, 1.54) is 11.3 Å². The van der Waals surface area contributed by atoms with Gasteiger partial charge in [-0.3, -0.25) is 0 Å². The number of benzene rings is 1. The van der Waals surface area contributed by atoms with Crippen molar-refractivity contribution in [3.63, 3.8) is 0 Å². The topological polar surface area (TPSA) is 51.5 Å². The fraction of sp³-hybridized carbons (Fsp3) is 0.0833. The molecule has 0 aliphatic rings. The highest BCUT2D eigenvalue weighted by Crippen LogP contribution is 2.14. The maximum Gasteiger partial charge on any atom is 0.371 e. The van der Waals surface area contributed by atoms with E-state index in [1.54, 1.807) is 18.5 Å². The highest BCUT2D eigenvalue weighted by molar-refractivity contribution is 7.11. The van der Waals surface area contributed by atoms with Crippen molar-refractivity contribution in [3.05, 3.63) is 52.0 Å². The monoisotopic (exact) mass is 282 g/mol. The Morgan fingerprint density at radius 1 is 1.37 bits per heavy atom. The van der Waals surface area contributed by atoms with Crippen LogP contribution in [0.1, 0.15) is 22.3 Å². The summed E-state index contributed by atoms with van der Waals surface area (Å²) < 4.78 is 26.6. The van der Waals surface area contributed by atoms with Gasteiger partial charge in [0.25, 0.3) is 0 Å². The Hall–Kier alpha value is -2.15. The molecule has 2 aromatic rings. The van der Waals surface area contributed by atoms with Crippen LogP contribution in [-0.4, -0.2) is 16.7 Å². The molecule has 0 saturated heterocycles. The molecule has 0 amide bonds. The molecule has 0 spiro atoms. The molecule has 0 radical (unpaired) electrons. The van der Waals surface area contributed by atoms with Crippen molar-refractivity contribution in [2.75, 3.05) is 0 Å². The molecule has 0 atom stereocenters. The molecule has 1 heterocycles. The van der Waals surface area contributed by atoms with E-state index in [2.05, 4.69) is 15.0 Å². The molecule has 2 rings (SSSR count). The normalized spacial score (nSPS) is 11.4. The van der Waals surface area contributed by atoms with Crippen molar-refractivity contribution in [1.82, 2.24) is 4.98 Å². The van der Waals surface area contributed by atoms with Gasteiger partial charge in [0, 0.05) is 11.6 Å². The summed E-state index contributed by atoms with van der Waals surface area (Å²) >= 11 is 1.30. The Balaban J connectivity index is 2.16. The highest BCUT2D eigenvalue weighted by atomic mass is 32.1. The van der Waals surface area contributed by atoms with Gasteiger partial charge in [0.15, 0.2) is 0 Å². The number of carbonyl (C=O) groups is 1. The van der Waals surface area contributed by atoms with Gasteiger partial charge in [0.2, 0.25) is 0 Å². The third-order valence-electron chi connectivity index (χ3n) is 2.17. The summed E-state index contributed by atoms with van der Waals surface area (Å²) in [4.78, 5) is 20.0. The number of hydrogen-bond acceptors (Lipinski definition) is 5. The lowest BCUT2D eigenvalue weighted by molar-refractivity contribution is 0.0505. The predicted octanol–water partition coefficient (Wildman–Crippen LogP) is 3.00. The van der Waals surface area contributed by atoms with E-state index in [0.29, 0.717) is 10.7 Å². The van der Waals surface area contributed by atoms with Gasteiger partial charge in [-0.2, -0.15) is 0 Å². The summed E-state index contributed by atoms with van der Waals surface area (Å²) in [7, 11) is 0. The molecule has 0 fully saturated rings. The lowest BCUT2D eigenvalue weighted by Gasteiger charge is -2.01. The van der Waals surface area contributed by atoms with Gasteiger partial charge in [0.05, 0.1) is 0 Å². The molecule has 4 nitrogen and oxygen atoms in total. The maximum absolute atomic E-state index is 13.3. The van der Waals surface area contributed by atoms with Gasteiger partial charge in [-0.05, 0) is 19.1 Å². The van der Waals surface area contributed by atoms with Crippen molar-refractivity contribution < 1.29 is 18.4 Å². The van der Waals surface area contributed by atoms with E-state index in [-0.39, 0.29) is 0 Å². The molecule has 0 unspecified atom stereocenters. The number of hydrogen-bond donors (Lipinski definition) is 0. The molecular formula is C12H8F2N2O2S. The molecule has 1 aromatic heterocycles. The van der Waals surface area contributed by atoms with Crippen molar-refractivity contribution in [2.24, 2.45) is 5.16 Å².